The second-order valence-electron chi connectivity index (χ2n) is 2.46. The molecule has 5 heteroatoms. The van der Waals surface area contributed by atoms with Crippen molar-refractivity contribution >= 4 is 39.1 Å². The number of hydrogen-bond acceptors (Lipinski definition) is 3. The minimum Gasteiger partial charge on any atom is -0.395 e. The van der Waals surface area contributed by atoms with Gasteiger partial charge in [0.25, 0.3) is 4.84 Å². The third-order valence-electron chi connectivity index (χ3n) is 1.64. The lowest BCUT2D eigenvalue weighted by molar-refractivity contribution is 0.484. The maximum atomic E-state index is 11.3. The van der Waals surface area contributed by atoms with Gasteiger partial charge in [0.2, 0.25) is 0 Å². The van der Waals surface area contributed by atoms with E-state index in [9.17, 15) is 4.79 Å². The zero-order valence-electron chi connectivity index (χ0n) is 6.33. The summed E-state index contributed by atoms with van der Waals surface area (Å²) >= 11 is 7.99. The van der Waals surface area contributed by atoms with Crippen molar-refractivity contribution in [2.24, 2.45) is 0 Å². The summed E-state index contributed by atoms with van der Waals surface area (Å²) in [6, 6.07) is 5.36. The molecule has 1 heterocycles. The topological polar surface area (TPSA) is 46.0 Å². The van der Waals surface area contributed by atoms with Crippen molar-refractivity contribution in [2.75, 3.05) is 0 Å². The highest BCUT2D eigenvalue weighted by Gasteiger charge is 2.03. The smallest absolute Gasteiger partial charge is 0.348 e. The Morgan fingerprint density at radius 3 is 3.00 bits per heavy atom. The average molecular weight is 258 g/mol. The van der Waals surface area contributed by atoms with Crippen LogP contribution in [-0.2, 0) is 0 Å². The molecule has 0 atom stereocenters. The molecule has 1 aromatic heterocycles. The number of aromatic amines is 1. The maximum absolute atomic E-state index is 11.3. The summed E-state index contributed by atoms with van der Waals surface area (Å²) in [5, 5.41) is 0.483. The number of nitrogens with one attached hydrogen (secondary N) is 1. The van der Waals surface area contributed by atoms with E-state index in [2.05, 4.69) is 20.9 Å². The molecule has 0 amide bonds. The lowest BCUT2D eigenvalue weighted by Gasteiger charge is -1.96. The zero-order valence-corrected chi connectivity index (χ0v) is 8.74. The number of aromatic nitrogens is 1. The fourth-order valence-corrected chi connectivity index (χ4v) is 1.82. The molecule has 2 rings (SSSR count). The van der Waals surface area contributed by atoms with Gasteiger partial charge >= 0.3 is 5.63 Å². The van der Waals surface area contributed by atoms with Crippen LogP contribution in [0.5, 0.6) is 0 Å². The predicted molar refractivity (Wildman–Crippen MR) is 55.4 cm³/mol. The van der Waals surface area contributed by atoms with Gasteiger partial charge in [0.1, 0.15) is 0 Å². The highest BCUT2D eigenvalue weighted by Crippen LogP contribution is 2.18. The highest BCUT2D eigenvalue weighted by molar-refractivity contribution is 9.10. The van der Waals surface area contributed by atoms with Crippen molar-refractivity contribution in [3.63, 3.8) is 0 Å². The SMILES string of the molecule is O=c1oc(=S)[nH]c2cccc(Br)c12. The molecule has 1 aromatic carbocycles. The van der Waals surface area contributed by atoms with Crippen LogP contribution in [0.4, 0.5) is 0 Å². The van der Waals surface area contributed by atoms with Crippen LogP contribution in [0.1, 0.15) is 0 Å². The summed E-state index contributed by atoms with van der Waals surface area (Å²) in [6.45, 7) is 0. The van der Waals surface area contributed by atoms with E-state index in [1.54, 1.807) is 12.1 Å². The number of benzene rings is 1. The Bertz CT molecular complexity index is 572. The van der Waals surface area contributed by atoms with Gasteiger partial charge in [-0.05, 0) is 40.3 Å². The van der Waals surface area contributed by atoms with Crippen LogP contribution in [0.25, 0.3) is 10.9 Å². The van der Waals surface area contributed by atoms with Gasteiger partial charge in [-0.1, -0.05) is 6.07 Å². The van der Waals surface area contributed by atoms with Gasteiger partial charge in [-0.25, -0.2) is 4.79 Å². The molecule has 2 aromatic rings. The maximum Gasteiger partial charge on any atom is 0.348 e. The molecule has 0 spiro atoms. The van der Waals surface area contributed by atoms with Gasteiger partial charge in [0, 0.05) is 4.47 Å². The first kappa shape index (κ1) is 8.65. The van der Waals surface area contributed by atoms with E-state index in [0.717, 1.165) is 0 Å². The molecule has 0 aliphatic heterocycles. The molecule has 0 aliphatic rings. The Labute approximate surface area is 86.5 Å². The fraction of sp³-hybridized carbons (Fsp3) is 0. The van der Waals surface area contributed by atoms with Crippen molar-refractivity contribution in [3.05, 3.63) is 37.9 Å². The predicted octanol–water partition coefficient (Wildman–Crippen LogP) is 2.61. The average Bonchev–Trinajstić information content (AvgIpc) is 2.02. The van der Waals surface area contributed by atoms with Crippen LogP contribution < -0.4 is 5.63 Å². The van der Waals surface area contributed by atoms with Gasteiger partial charge in [-0.2, -0.15) is 0 Å². The van der Waals surface area contributed by atoms with Gasteiger partial charge < -0.3 is 9.40 Å². The minimum atomic E-state index is -0.425. The van der Waals surface area contributed by atoms with E-state index in [0.29, 0.717) is 15.4 Å². The Hall–Kier alpha value is -0.940. The van der Waals surface area contributed by atoms with Crippen LogP contribution in [-0.4, -0.2) is 4.98 Å². The van der Waals surface area contributed by atoms with Crippen molar-refractivity contribution in [1.82, 2.24) is 4.98 Å². The first-order chi connectivity index (χ1) is 6.18. The standard InChI is InChI=1S/C8H4BrNO2S/c9-4-2-1-3-5-6(4)7(11)12-8(13)10-5/h1-3H,(H,10,13). The van der Waals surface area contributed by atoms with Gasteiger partial charge in [-0.15, -0.1) is 0 Å². The second kappa shape index (κ2) is 3.08. The molecule has 3 nitrogen and oxygen atoms in total. The summed E-state index contributed by atoms with van der Waals surface area (Å²) < 4.78 is 5.44. The van der Waals surface area contributed by atoms with Crippen molar-refractivity contribution < 1.29 is 4.42 Å². The monoisotopic (exact) mass is 257 g/mol. The number of H-pyrrole nitrogens is 1. The summed E-state index contributed by atoms with van der Waals surface area (Å²) in [5.74, 6) is 0. The lowest BCUT2D eigenvalue weighted by atomic mass is 10.2. The van der Waals surface area contributed by atoms with Gasteiger partial charge in [0.05, 0.1) is 10.9 Å². The van der Waals surface area contributed by atoms with E-state index in [1.165, 1.54) is 0 Å². The molecule has 66 valence electrons. The molecule has 0 radical (unpaired) electrons. The van der Waals surface area contributed by atoms with Crippen LogP contribution in [0.3, 0.4) is 0 Å². The fourth-order valence-electron chi connectivity index (χ4n) is 1.11. The largest absolute Gasteiger partial charge is 0.395 e. The first-order valence-electron chi connectivity index (χ1n) is 3.50. The Kier molecular flexibility index (Phi) is 2.05. The molecule has 0 aliphatic carbocycles. The van der Waals surface area contributed by atoms with E-state index < -0.39 is 5.63 Å². The minimum absolute atomic E-state index is 0.0931. The number of fused-ring (bicyclic) bond motifs is 1. The second-order valence-corrected chi connectivity index (χ2v) is 3.69. The number of hydrogen-bond donors (Lipinski definition) is 1. The third-order valence-corrected chi connectivity index (χ3v) is 2.49. The van der Waals surface area contributed by atoms with Crippen molar-refractivity contribution in [2.45, 2.75) is 0 Å². The molecular formula is C8H4BrNO2S. The molecule has 0 saturated carbocycles. The van der Waals surface area contributed by atoms with Gasteiger partial charge in [0.15, 0.2) is 0 Å². The highest BCUT2D eigenvalue weighted by atomic mass is 79.9. The van der Waals surface area contributed by atoms with E-state index >= 15 is 0 Å². The normalized spacial score (nSPS) is 10.5. The molecule has 1 N–H and O–H groups in total. The number of rotatable bonds is 0. The quantitative estimate of drug-likeness (QED) is 0.739. The Morgan fingerprint density at radius 2 is 2.23 bits per heavy atom. The molecule has 0 fully saturated rings. The molecule has 0 unspecified atom stereocenters. The van der Waals surface area contributed by atoms with E-state index in [1.807, 2.05) is 6.07 Å². The first-order valence-corrected chi connectivity index (χ1v) is 4.70. The van der Waals surface area contributed by atoms with E-state index in [4.69, 9.17) is 16.6 Å². The van der Waals surface area contributed by atoms with Crippen molar-refractivity contribution in [3.8, 4) is 0 Å². The third kappa shape index (κ3) is 1.45. The van der Waals surface area contributed by atoms with Crippen LogP contribution in [0.2, 0.25) is 0 Å². The summed E-state index contributed by atoms with van der Waals surface area (Å²) in [7, 11) is 0. The summed E-state index contributed by atoms with van der Waals surface area (Å²) in [4.78, 5) is 14.2. The molecule has 0 bridgehead atoms. The molecule has 13 heavy (non-hydrogen) atoms. The Balaban J connectivity index is 3.12. The van der Waals surface area contributed by atoms with Gasteiger partial charge in [-0.3, -0.25) is 0 Å². The van der Waals surface area contributed by atoms with Crippen LogP contribution >= 0.6 is 28.1 Å². The Morgan fingerprint density at radius 1 is 1.46 bits per heavy atom. The lowest BCUT2D eigenvalue weighted by Crippen LogP contribution is -2.01. The summed E-state index contributed by atoms with van der Waals surface area (Å²) in [5.41, 5.74) is 0.252. The molecular weight excluding hydrogens is 254 g/mol. The van der Waals surface area contributed by atoms with Crippen molar-refractivity contribution in [1.29, 1.82) is 0 Å². The zero-order chi connectivity index (χ0) is 9.42. The van der Waals surface area contributed by atoms with Crippen LogP contribution in [0, 0.1) is 4.84 Å². The number of halogens is 1. The molecule has 0 saturated heterocycles. The summed E-state index contributed by atoms with van der Waals surface area (Å²) in [6.07, 6.45) is 0. The van der Waals surface area contributed by atoms with E-state index in [-0.39, 0.29) is 4.84 Å². The van der Waals surface area contributed by atoms with Crippen LogP contribution in [0.15, 0.2) is 31.9 Å².